The van der Waals surface area contributed by atoms with Gasteiger partial charge in [0, 0.05) is 5.56 Å². The van der Waals surface area contributed by atoms with Crippen LogP contribution in [0.1, 0.15) is 30.1 Å². The number of aliphatic hydroxyl groups is 2. The van der Waals surface area contributed by atoms with E-state index in [0.717, 1.165) is 23.5 Å². The van der Waals surface area contributed by atoms with Crippen LogP contribution in [0, 0.1) is 6.92 Å². The Kier molecular flexibility index (Phi) is 5.62. The third-order valence-corrected chi connectivity index (χ3v) is 8.00. The van der Waals surface area contributed by atoms with Gasteiger partial charge in [-0.3, -0.25) is 0 Å². The van der Waals surface area contributed by atoms with E-state index >= 15 is 0 Å². The summed E-state index contributed by atoms with van der Waals surface area (Å²) in [5, 5.41) is 24.4. The first kappa shape index (κ1) is 24.0. The van der Waals surface area contributed by atoms with Crippen molar-refractivity contribution in [2.75, 3.05) is 19.8 Å². The third-order valence-electron chi connectivity index (χ3n) is 5.16. The molecule has 1 aliphatic heterocycles. The Balaban J connectivity index is 1.89. The Hall–Kier alpha value is -2.10. The van der Waals surface area contributed by atoms with Crippen LogP contribution in [0.25, 0.3) is 16.2 Å². The minimum atomic E-state index is -4.94. The molecule has 0 aliphatic carbocycles. The summed E-state index contributed by atoms with van der Waals surface area (Å²) in [5.41, 5.74) is -3.13. The van der Waals surface area contributed by atoms with Gasteiger partial charge in [-0.2, -0.15) is 23.0 Å². The highest BCUT2D eigenvalue weighted by atomic mass is 32.2. The van der Waals surface area contributed by atoms with Crippen molar-refractivity contribution < 1.29 is 36.5 Å². The van der Waals surface area contributed by atoms with Crippen LogP contribution in [0.5, 0.6) is 0 Å². The number of aryl methyl sites for hydroxylation is 1. The lowest BCUT2D eigenvalue weighted by Crippen LogP contribution is -2.64. The van der Waals surface area contributed by atoms with E-state index in [4.69, 9.17) is 4.74 Å². The molecule has 14 heteroatoms. The van der Waals surface area contributed by atoms with Gasteiger partial charge in [-0.25, -0.2) is 17.9 Å². The first-order valence-electron chi connectivity index (χ1n) is 9.70. The van der Waals surface area contributed by atoms with Crippen LogP contribution in [0.3, 0.4) is 0 Å². The minimum Gasteiger partial charge on any atom is -0.394 e. The van der Waals surface area contributed by atoms with Crippen molar-refractivity contribution in [3.63, 3.8) is 0 Å². The van der Waals surface area contributed by atoms with Gasteiger partial charge in [-0.1, -0.05) is 17.4 Å². The molecular weight excluding hydrogens is 485 g/mol. The van der Waals surface area contributed by atoms with Crippen molar-refractivity contribution in [2.24, 2.45) is 0 Å². The Morgan fingerprint density at radius 1 is 1.30 bits per heavy atom. The molecule has 1 saturated heterocycles. The molecule has 0 radical (unpaired) electrons. The Labute approximate surface area is 190 Å². The number of nitrogens with zero attached hydrogens (tertiary/aromatic N) is 3. The topological polar surface area (TPSA) is 126 Å². The molecule has 3 N–H and O–H groups in total. The maximum absolute atomic E-state index is 13.7. The van der Waals surface area contributed by atoms with Crippen LogP contribution < -0.4 is 4.72 Å². The molecule has 33 heavy (non-hydrogen) atoms. The van der Waals surface area contributed by atoms with E-state index < -0.39 is 44.4 Å². The zero-order valence-corrected chi connectivity index (χ0v) is 19.4. The fourth-order valence-corrected chi connectivity index (χ4v) is 5.99. The highest BCUT2D eigenvalue weighted by molar-refractivity contribution is 7.89. The van der Waals surface area contributed by atoms with Crippen LogP contribution in [0.2, 0.25) is 0 Å². The van der Waals surface area contributed by atoms with Gasteiger partial charge in [-0.15, -0.1) is 0 Å². The molecule has 1 aliphatic rings. The number of ether oxygens (including phenoxy) is 1. The molecule has 180 valence electrons. The number of benzene rings is 1. The second-order valence-electron chi connectivity index (χ2n) is 8.45. The number of rotatable bonds is 6. The molecule has 0 unspecified atom stereocenters. The fourth-order valence-electron chi connectivity index (χ4n) is 3.42. The quantitative estimate of drug-likeness (QED) is 0.467. The molecule has 9 nitrogen and oxygen atoms in total. The number of imidazole rings is 1. The van der Waals surface area contributed by atoms with Crippen molar-refractivity contribution in [3.8, 4) is 11.3 Å². The van der Waals surface area contributed by atoms with Gasteiger partial charge in [0.15, 0.2) is 0 Å². The van der Waals surface area contributed by atoms with Gasteiger partial charge in [0.2, 0.25) is 15.0 Å². The predicted octanol–water partition coefficient (Wildman–Crippen LogP) is 2.05. The summed E-state index contributed by atoms with van der Waals surface area (Å²) in [7, 11) is -4.70. The van der Waals surface area contributed by atoms with E-state index in [-0.39, 0.29) is 18.8 Å². The second kappa shape index (κ2) is 7.71. The van der Waals surface area contributed by atoms with Crippen molar-refractivity contribution in [1.82, 2.24) is 19.3 Å². The molecule has 4 rings (SSSR count). The van der Waals surface area contributed by atoms with E-state index in [9.17, 15) is 31.8 Å². The summed E-state index contributed by atoms with van der Waals surface area (Å²) in [6.07, 6.45) is -4.94. The average Bonchev–Trinajstić information content (AvgIpc) is 3.20. The number of sulfonamides is 1. The number of fused-ring (bicyclic) bond motifs is 1. The molecular formula is C19H21F3N4O5S2. The zero-order valence-electron chi connectivity index (χ0n) is 17.8. The molecule has 2 aromatic heterocycles. The Morgan fingerprint density at radius 3 is 2.48 bits per heavy atom. The number of aromatic nitrogens is 3. The van der Waals surface area contributed by atoms with Crippen LogP contribution in [-0.4, -0.2) is 58.6 Å². The van der Waals surface area contributed by atoms with Gasteiger partial charge in [0.1, 0.15) is 16.1 Å². The zero-order chi connectivity index (χ0) is 24.4. The lowest BCUT2D eigenvalue weighted by molar-refractivity contribution is -0.139. The van der Waals surface area contributed by atoms with Crippen molar-refractivity contribution in [3.05, 3.63) is 34.5 Å². The Bertz CT molecular complexity index is 1320. The number of hydrogen-bond acceptors (Lipinski definition) is 8. The van der Waals surface area contributed by atoms with Crippen molar-refractivity contribution >= 4 is 26.3 Å². The maximum Gasteiger partial charge on any atom is 0.417 e. The van der Waals surface area contributed by atoms with Gasteiger partial charge in [-0.05, 0) is 32.9 Å². The number of nitrogens with one attached hydrogen (secondary N) is 1. The first-order chi connectivity index (χ1) is 15.2. The summed E-state index contributed by atoms with van der Waals surface area (Å²) < 4.78 is 75.6. The molecule has 0 spiro atoms. The summed E-state index contributed by atoms with van der Waals surface area (Å²) in [6, 6.07) is 2.75. The normalized spacial score (nSPS) is 16.8. The monoisotopic (exact) mass is 506 g/mol. The maximum atomic E-state index is 13.7. The highest BCUT2D eigenvalue weighted by Gasteiger charge is 2.45. The predicted molar refractivity (Wildman–Crippen MR) is 112 cm³/mol. The largest absolute Gasteiger partial charge is 0.417 e. The second-order valence-corrected chi connectivity index (χ2v) is 11.1. The number of aliphatic hydroxyl groups excluding tert-OH is 1. The number of halogens is 3. The molecule has 3 aromatic rings. The number of alkyl halides is 3. The van der Waals surface area contributed by atoms with E-state index in [1.807, 2.05) is 0 Å². The van der Waals surface area contributed by atoms with E-state index in [2.05, 4.69) is 14.8 Å². The lowest BCUT2D eigenvalue weighted by Gasteiger charge is -2.40. The van der Waals surface area contributed by atoms with Crippen molar-refractivity contribution in [2.45, 2.75) is 43.0 Å². The molecule has 0 atom stereocenters. The van der Waals surface area contributed by atoms with Crippen LogP contribution in [0.15, 0.2) is 23.1 Å². The van der Waals surface area contributed by atoms with E-state index in [1.165, 1.54) is 18.4 Å². The molecule has 1 aromatic carbocycles. The van der Waals surface area contributed by atoms with Gasteiger partial charge >= 0.3 is 6.18 Å². The molecule has 0 amide bonds. The smallest absolute Gasteiger partial charge is 0.394 e. The van der Waals surface area contributed by atoms with Crippen LogP contribution in [-0.2, 0) is 26.5 Å². The number of hydrogen-bond donors (Lipinski definition) is 3. The summed E-state index contributed by atoms with van der Waals surface area (Å²) >= 11 is 1.11. The average molecular weight is 507 g/mol. The van der Waals surface area contributed by atoms with E-state index in [0.29, 0.717) is 27.4 Å². The Morgan fingerprint density at radius 2 is 1.97 bits per heavy atom. The lowest BCUT2D eigenvalue weighted by atomic mass is 10.0. The van der Waals surface area contributed by atoms with Crippen LogP contribution in [0.4, 0.5) is 13.2 Å². The van der Waals surface area contributed by atoms with Gasteiger partial charge in [0.05, 0.1) is 41.7 Å². The minimum absolute atomic E-state index is 0.142. The van der Waals surface area contributed by atoms with Crippen molar-refractivity contribution in [1.29, 1.82) is 0 Å². The fraction of sp³-hybridized carbons (Fsp3) is 0.474. The standard InChI is InChI=1S/C19H21F3N4O5S2/c1-10-14(26-16(23-10)32-15(24-26)17(2,3)28)11-4-5-12(19(20,21)22)13(6-11)33(29,30)25-18(7-27)8-31-9-18/h4-6,25,27-28H,7-9H2,1-3H3. The molecule has 0 bridgehead atoms. The van der Waals surface area contributed by atoms with Gasteiger partial charge < -0.3 is 14.9 Å². The van der Waals surface area contributed by atoms with Gasteiger partial charge in [0.25, 0.3) is 0 Å². The summed E-state index contributed by atoms with van der Waals surface area (Å²) in [5.74, 6) is 0. The SMILES string of the molecule is Cc1nc2sc(C(C)(C)O)nn2c1-c1ccc(C(F)(F)F)c(S(=O)(=O)NC2(CO)COC2)c1. The first-order valence-corrected chi connectivity index (χ1v) is 12.0. The summed E-state index contributed by atoms with van der Waals surface area (Å²) in [4.78, 5) is 3.76. The molecule has 0 saturated carbocycles. The molecule has 1 fully saturated rings. The van der Waals surface area contributed by atoms with Crippen LogP contribution >= 0.6 is 11.3 Å². The molecule has 3 heterocycles. The highest BCUT2D eigenvalue weighted by Crippen LogP contribution is 2.38. The third kappa shape index (κ3) is 4.26. The van der Waals surface area contributed by atoms with E-state index in [1.54, 1.807) is 6.92 Å². The summed E-state index contributed by atoms with van der Waals surface area (Å²) in [6.45, 7) is 3.74.